The molecule has 2 aromatic heterocycles. The zero-order valence-electron chi connectivity index (χ0n) is 19.6. The highest BCUT2D eigenvalue weighted by molar-refractivity contribution is 5.99. The Bertz CT molecular complexity index is 1240. The van der Waals surface area contributed by atoms with Gasteiger partial charge in [0.05, 0.1) is 12.3 Å². The number of nitrogens with zero attached hydrogens (tertiary/aromatic N) is 5. The summed E-state index contributed by atoms with van der Waals surface area (Å²) in [7, 11) is 1.72. The first-order valence-corrected chi connectivity index (χ1v) is 9.51. The predicted octanol–water partition coefficient (Wildman–Crippen LogP) is 1.46. The average Bonchev–Trinajstić information content (AvgIpc) is 3.53. The van der Waals surface area contributed by atoms with Gasteiger partial charge in [-0.05, 0) is 18.9 Å². The van der Waals surface area contributed by atoms with E-state index in [-0.39, 0.29) is 37.1 Å². The van der Waals surface area contributed by atoms with Crippen LogP contribution in [0.2, 0.25) is 0 Å². The van der Waals surface area contributed by atoms with Crippen molar-refractivity contribution >= 4 is 29.0 Å². The Kier molecular flexibility index (Phi) is 4.62. The SMILES string of the molecule is [2H]C([2H])([2H])NC(=O)c1nnc(NC(=O)C2CC2)cc1Nc1cccc(-c2ncn(C)n2)c1CO.[HH]. The van der Waals surface area contributed by atoms with Gasteiger partial charge in [-0.25, -0.2) is 4.98 Å². The molecule has 2 amide bonds. The maximum Gasteiger partial charge on any atom is 0.273 e. The van der Waals surface area contributed by atoms with Gasteiger partial charge in [-0.1, -0.05) is 12.1 Å². The molecular formula is C20H24N8O3. The number of amides is 2. The van der Waals surface area contributed by atoms with Crippen molar-refractivity contribution in [1.29, 1.82) is 0 Å². The molecule has 4 N–H and O–H groups in total. The molecule has 1 aliphatic carbocycles. The van der Waals surface area contributed by atoms with Gasteiger partial charge in [-0.15, -0.1) is 10.2 Å². The lowest BCUT2D eigenvalue weighted by molar-refractivity contribution is -0.117. The second-order valence-corrected chi connectivity index (χ2v) is 7.07. The summed E-state index contributed by atoms with van der Waals surface area (Å²) < 4.78 is 23.4. The number of hydrogen-bond acceptors (Lipinski definition) is 8. The van der Waals surface area contributed by atoms with Crippen LogP contribution in [0.1, 0.15) is 34.4 Å². The van der Waals surface area contributed by atoms with Crippen LogP contribution in [0, 0.1) is 5.92 Å². The molecule has 1 aliphatic rings. The fourth-order valence-corrected chi connectivity index (χ4v) is 3.04. The van der Waals surface area contributed by atoms with E-state index in [1.807, 2.05) is 5.32 Å². The standard InChI is InChI=1S/C20H22N8O3.H2/c1-21-20(31)17-15(8-16(25-26-17)24-19(30)11-6-7-11)23-14-5-3-4-12(13(14)9-29)18-22-10-28(2)27-18;/h3-5,8,10-11,29H,6-7,9H2,1-2H3,(H,21,31)(H2,23,24,25,30);1H/i1D3;. The molecule has 11 nitrogen and oxygen atoms in total. The number of benzene rings is 1. The molecule has 31 heavy (non-hydrogen) atoms. The highest BCUT2D eigenvalue weighted by Gasteiger charge is 2.30. The average molecular weight is 427 g/mol. The van der Waals surface area contributed by atoms with Gasteiger partial charge in [0, 0.05) is 48.4 Å². The summed E-state index contributed by atoms with van der Waals surface area (Å²) >= 11 is 0. The minimum atomic E-state index is -2.74. The van der Waals surface area contributed by atoms with E-state index in [0.717, 1.165) is 12.8 Å². The van der Waals surface area contributed by atoms with Crippen LogP contribution >= 0.6 is 0 Å². The molecule has 162 valence electrons. The molecule has 1 fully saturated rings. The third kappa shape index (κ3) is 4.36. The zero-order valence-corrected chi connectivity index (χ0v) is 16.6. The van der Waals surface area contributed by atoms with Crippen LogP contribution in [0.3, 0.4) is 0 Å². The Hall–Kier alpha value is -3.86. The fraction of sp³-hybridized carbons (Fsp3) is 0.300. The summed E-state index contributed by atoms with van der Waals surface area (Å²) in [6.07, 6.45) is 3.10. The van der Waals surface area contributed by atoms with E-state index in [1.165, 1.54) is 17.1 Å². The van der Waals surface area contributed by atoms with Crippen LogP contribution in [0.4, 0.5) is 17.2 Å². The molecule has 1 aromatic carbocycles. The van der Waals surface area contributed by atoms with Crippen LogP contribution in [0.5, 0.6) is 0 Å². The number of hydrogen-bond donors (Lipinski definition) is 4. The van der Waals surface area contributed by atoms with Gasteiger partial charge >= 0.3 is 0 Å². The lowest BCUT2D eigenvalue weighted by atomic mass is 10.0. The number of rotatable bonds is 7. The first-order valence-electron chi connectivity index (χ1n) is 11.0. The van der Waals surface area contributed by atoms with Gasteiger partial charge in [0.15, 0.2) is 17.3 Å². The Labute approximate surface area is 183 Å². The van der Waals surface area contributed by atoms with Crippen LogP contribution in [-0.4, -0.2) is 48.9 Å². The molecule has 0 atom stereocenters. The van der Waals surface area contributed by atoms with E-state index in [9.17, 15) is 14.7 Å². The smallest absolute Gasteiger partial charge is 0.273 e. The third-order valence-electron chi connectivity index (χ3n) is 4.77. The lowest BCUT2D eigenvalue weighted by Crippen LogP contribution is -2.22. The summed E-state index contributed by atoms with van der Waals surface area (Å²) in [5, 5.41) is 29.6. The van der Waals surface area contributed by atoms with E-state index in [4.69, 9.17) is 4.11 Å². The van der Waals surface area contributed by atoms with Crippen molar-refractivity contribution in [3.63, 3.8) is 0 Å². The molecule has 0 radical (unpaired) electrons. The minimum Gasteiger partial charge on any atom is -0.392 e. The Morgan fingerprint density at radius 2 is 2.16 bits per heavy atom. The monoisotopic (exact) mass is 427 g/mol. The van der Waals surface area contributed by atoms with Gasteiger partial charge in [-0.2, -0.15) is 5.10 Å². The lowest BCUT2D eigenvalue weighted by Gasteiger charge is -2.16. The van der Waals surface area contributed by atoms with Crippen molar-refractivity contribution in [3.05, 3.63) is 41.9 Å². The summed E-state index contributed by atoms with van der Waals surface area (Å²) in [6.45, 7) is -3.12. The number of aliphatic hydroxyl groups excluding tert-OH is 1. The van der Waals surface area contributed by atoms with E-state index < -0.39 is 12.9 Å². The summed E-state index contributed by atoms with van der Waals surface area (Å²) in [5.41, 5.74) is 1.19. The number of nitrogens with one attached hydrogen (secondary N) is 3. The second kappa shape index (κ2) is 8.48. The van der Waals surface area contributed by atoms with Crippen LogP contribution in [0.15, 0.2) is 30.6 Å². The van der Waals surface area contributed by atoms with Crippen LogP contribution in [0.25, 0.3) is 11.4 Å². The Morgan fingerprint density at radius 3 is 2.84 bits per heavy atom. The largest absolute Gasteiger partial charge is 0.392 e. The zero-order chi connectivity index (χ0) is 24.5. The molecule has 11 heteroatoms. The normalized spacial score (nSPS) is 14.8. The fourth-order valence-electron chi connectivity index (χ4n) is 3.04. The van der Waals surface area contributed by atoms with Crippen molar-refractivity contribution in [2.45, 2.75) is 19.4 Å². The van der Waals surface area contributed by atoms with Crippen molar-refractivity contribution < 1.29 is 20.2 Å². The molecule has 0 saturated heterocycles. The minimum absolute atomic E-state index is 0. The summed E-state index contributed by atoms with van der Waals surface area (Å²) in [6, 6.07) is 6.49. The second-order valence-electron chi connectivity index (χ2n) is 7.07. The highest BCUT2D eigenvalue weighted by atomic mass is 16.3. The van der Waals surface area contributed by atoms with Crippen molar-refractivity contribution in [2.24, 2.45) is 13.0 Å². The molecular weight excluding hydrogens is 400 g/mol. The number of aliphatic hydroxyl groups is 1. The predicted molar refractivity (Wildman–Crippen MR) is 115 cm³/mol. The molecule has 1 saturated carbocycles. The Morgan fingerprint density at radius 1 is 1.32 bits per heavy atom. The molecule has 0 spiro atoms. The van der Waals surface area contributed by atoms with Crippen molar-refractivity contribution in [2.75, 3.05) is 17.6 Å². The van der Waals surface area contributed by atoms with Gasteiger partial charge < -0.3 is 21.1 Å². The maximum absolute atomic E-state index is 12.6. The topological polar surface area (TPSA) is 147 Å². The molecule has 0 unspecified atom stereocenters. The van der Waals surface area contributed by atoms with Crippen LogP contribution in [-0.2, 0) is 18.4 Å². The van der Waals surface area contributed by atoms with E-state index in [2.05, 4.69) is 30.9 Å². The van der Waals surface area contributed by atoms with E-state index >= 15 is 0 Å². The van der Waals surface area contributed by atoms with E-state index in [1.54, 1.807) is 25.2 Å². The number of carbonyl (C=O) groups excluding carboxylic acids is 2. The summed E-state index contributed by atoms with van der Waals surface area (Å²) in [5.74, 6) is -0.790. The first kappa shape index (κ1) is 16.9. The van der Waals surface area contributed by atoms with Gasteiger partial charge in [-0.3, -0.25) is 14.3 Å². The molecule has 3 aromatic rings. The molecule has 4 rings (SSSR count). The Balaban J connectivity index is 0.00000342. The molecule has 2 heterocycles. The first-order chi connectivity index (χ1) is 16.1. The van der Waals surface area contributed by atoms with Gasteiger partial charge in [0.2, 0.25) is 5.91 Å². The van der Waals surface area contributed by atoms with Crippen molar-refractivity contribution in [1.82, 2.24) is 30.3 Å². The van der Waals surface area contributed by atoms with Crippen LogP contribution < -0.4 is 16.0 Å². The quantitative estimate of drug-likeness (QED) is 0.443. The van der Waals surface area contributed by atoms with Crippen molar-refractivity contribution in [3.8, 4) is 11.4 Å². The number of anilines is 3. The summed E-state index contributed by atoms with van der Waals surface area (Å²) in [4.78, 5) is 29.0. The molecule has 0 aliphatic heterocycles. The number of aryl methyl sites for hydroxylation is 1. The van der Waals surface area contributed by atoms with E-state index in [0.29, 0.717) is 22.6 Å². The highest BCUT2D eigenvalue weighted by Crippen LogP contribution is 2.32. The molecule has 0 bridgehead atoms. The maximum atomic E-state index is 12.6. The number of aromatic nitrogens is 5. The van der Waals surface area contributed by atoms with Gasteiger partial charge in [0.1, 0.15) is 6.33 Å². The number of carbonyl (C=O) groups is 2. The van der Waals surface area contributed by atoms with Gasteiger partial charge in [0.25, 0.3) is 5.91 Å². The third-order valence-corrected chi connectivity index (χ3v) is 4.77.